The first-order valence-corrected chi connectivity index (χ1v) is 7.70. The van der Waals surface area contributed by atoms with Crippen LogP contribution in [0.15, 0.2) is 18.2 Å². The minimum Gasteiger partial charge on any atom is -0.341 e. The minimum atomic E-state index is 0.174. The average Bonchev–Trinajstić information content (AvgIpc) is 2.87. The van der Waals surface area contributed by atoms with Gasteiger partial charge in [0, 0.05) is 30.1 Å². The Morgan fingerprint density at radius 2 is 2.05 bits per heavy atom. The second-order valence-electron chi connectivity index (χ2n) is 5.42. The maximum Gasteiger partial charge on any atom is 0.222 e. The van der Waals surface area contributed by atoms with Gasteiger partial charge in [-0.3, -0.25) is 4.79 Å². The molecule has 1 aliphatic rings. The van der Waals surface area contributed by atoms with E-state index in [1.165, 1.54) is 6.42 Å². The Morgan fingerprint density at radius 3 is 2.65 bits per heavy atom. The summed E-state index contributed by atoms with van der Waals surface area (Å²) in [6.45, 7) is 2.67. The molecule has 2 rings (SSSR count). The summed E-state index contributed by atoms with van der Waals surface area (Å²) in [6.07, 6.45) is 2.75. The Morgan fingerprint density at radius 1 is 1.35 bits per heavy atom. The zero-order chi connectivity index (χ0) is 14.5. The molecule has 1 unspecified atom stereocenters. The van der Waals surface area contributed by atoms with Crippen LogP contribution in [-0.4, -0.2) is 30.9 Å². The van der Waals surface area contributed by atoms with Crippen LogP contribution >= 0.6 is 23.2 Å². The molecule has 0 saturated carbocycles. The summed E-state index contributed by atoms with van der Waals surface area (Å²) in [5, 5.41) is 4.53. The van der Waals surface area contributed by atoms with E-state index >= 15 is 0 Å². The van der Waals surface area contributed by atoms with Crippen LogP contribution < -0.4 is 5.32 Å². The Balaban J connectivity index is 1.83. The number of hydrogen-bond donors (Lipinski definition) is 1. The van der Waals surface area contributed by atoms with Crippen molar-refractivity contribution in [1.29, 1.82) is 0 Å². The first-order valence-electron chi connectivity index (χ1n) is 6.94. The quantitative estimate of drug-likeness (QED) is 0.904. The van der Waals surface area contributed by atoms with Gasteiger partial charge in [0.1, 0.15) is 0 Å². The number of rotatable bonds is 5. The smallest absolute Gasteiger partial charge is 0.222 e. The van der Waals surface area contributed by atoms with Crippen molar-refractivity contribution in [1.82, 2.24) is 10.2 Å². The van der Waals surface area contributed by atoms with Gasteiger partial charge in [-0.2, -0.15) is 0 Å². The molecule has 20 heavy (non-hydrogen) atoms. The van der Waals surface area contributed by atoms with Gasteiger partial charge in [0.2, 0.25) is 5.91 Å². The molecule has 1 aliphatic heterocycles. The lowest BCUT2D eigenvalue weighted by Gasteiger charge is -2.18. The third-order valence-corrected chi connectivity index (χ3v) is 4.13. The van der Waals surface area contributed by atoms with E-state index in [0.717, 1.165) is 25.1 Å². The number of halogens is 2. The highest BCUT2D eigenvalue weighted by atomic mass is 35.5. The summed E-state index contributed by atoms with van der Waals surface area (Å²) in [5.74, 6) is 0.820. The van der Waals surface area contributed by atoms with Crippen molar-refractivity contribution >= 4 is 29.1 Å². The molecule has 1 atom stereocenters. The van der Waals surface area contributed by atoms with Gasteiger partial charge in [0.15, 0.2) is 0 Å². The van der Waals surface area contributed by atoms with Crippen LogP contribution in [0.25, 0.3) is 0 Å². The van der Waals surface area contributed by atoms with E-state index in [2.05, 4.69) is 5.32 Å². The van der Waals surface area contributed by atoms with E-state index in [4.69, 9.17) is 23.2 Å². The first kappa shape index (κ1) is 15.6. The van der Waals surface area contributed by atoms with Gasteiger partial charge in [-0.05, 0) is 55.6 Å². The van der Waals surface area contributed by atoms with Crippen LogP contribution in [0.4, 0.5) is 0 Å². The van der Waals surface area contributed by atoms with E-state index in [-0.39, 0.29) is 5.91 Å². The Hall–Kier alpha value is -0.770. The molecule has 1 N–H and O–H groups in total. The van der Waals surface area contributed by atoms with Gasteiger partial charge < -0.3 is 10.2 Å². The molecular weight excluding hydrogens is 295 g/mol. The normalized spacial score (nSPS) is 18.2. The highest BCUT2D eigenvalue weighted by Crippen LogP contribution is 2.20. The lowest BCUT2D eigenvalue weighted by atomic mass is 10.0. The third kappa shape index (κ3) is 4.65. The minimum absolute atomic E-state index is 0.174. The number of carbonyl (C=O) groups is 1. The topological polar surface area (TPSA) is 32.3 Å². The largest absolute Gasteiger partial charge is 0.341 e. The summed E-state index contributed by atoms with van der Waals surface area (Å²) in [6, 6.07) is 5.39. The van der Waals surface area contributed by atoms with E-state index in [1.807, 2.05) is 19.2 Å². The fraction of sp³-hybridized carbons (Fsp3) is 0.533. The van der Waals surface area contributed by atoms with Crippen LogP contribution in [0.1, 0.15) is 24.8 Å². The van der Waals surface area contributed by atoms with Crippen LogP contribution in [0.2, 0.25) is 10.0 Å². The highest BCUT2D eigenvalue weighted by Gasteiger charge is 2.17. The van der Waals surface area contributed by atoms with Crippen molar-refractivity contribution in [3.05, 3.63) is 33.8 Å². The number of nitrogens with one attached hydrogen (secondary N) is 1. The number of hydrogen-bond acceptors (Lipinski definition) is 2. The van der Waals surface area contributed by atoms with Gasteiger partial charge in [0.25, 0.3) is 0 Å². The van der Waals surface area contributed by atoms with Crippen LogP contribution in [0.5, 0.6) is 0 Å². The second kappa shape index (κ2) is 7.30. The number of carbonyl (C=O) groups excluding carboxylic acids is 1. The van der Waals surface area contributed by atoms with Gasteiger partial charge in [0.05, 0.1) is 0 Å². The Bertz CT molecular complexity index is 453. The van der Waals surface area contributed by atoms with Gasteiger partial charge in [-0.15, -0.1) is 0 Å². The molecule has 1 aromatic carbocycles. The first-order chi connectivity index (χ1) is 9.54. The molecule has 0 radical (unpaired) electrons. The molecule has 0 aliphatic carbocycles. The lowest BCUT2D eigenvalue weighted by molar-refractivity contribution is -0.130. The number of benzene rings is 1. The third-order valence-electron chi connectivity index (χ3n) is 3.70. The molecule has 5 heteroatoms. The maximum absolute atomic E-state index is 12.1. The molecule has 110 valence electrons. The molecular formula is C15H20Cl2N2O. The SMILES string of the molecule is CN(Cc1cc(Cl)cc(Cl)c1)C(=O)CCC1CCNC1. The fourth-order valence-electron chi connectivity index (χ4n) is 2.54. The Labute approximate surface area is 130 Å². The lowest BCUT2D eigenvalue weighted by Crippen LogP contribution is -2.26. The molecule has 1 fully saturated rings. The predicted octanol–water partition coefficient (Wildman–Crippen LogP) is 3.34. The van der Waals surface area contributed by atoms with Gasteiger partial charge >= 0.3 is 0 Å². The number of nitrogens with zero attached hydrogens (tertiary/aromatic N) is 1. The van der Waals surface area contributed by atoms with E-state index in [0.29, 0.717) is 28.9 Å². The summed E-state index contributed by atoms with van der Waals surface area (Å²) < 4.78 is 0. The molecule has 0 aromatic heterocycles. The van der Waals surface area contributed by atoms with Crippen LogP contribution in [0.3, 0.4) is 0 Å². The summed E-state index contributed by atoms with van der Waals surface area (Å²) in [5.41, 5.74) is 0.959. The molecule has 1 amide bonds. The average molecular weight is 315 g/mol. The highest BCUT2D eigenvalue weighted by molar-refractivity contribution is 6.34. The Kier molecular flexibility index (Phi) is 5.70. The molecule has 3 nitrogen and oxygen atoms in total. The standard InChI is InChI=1S/C15H20Cl2N2O/c1-19(10-12-6-13(16)8-14(17)7-12)15(20)3-2-11-4-5-18-9-11/h6-8,11,18H,2-5,9-10H2,1H3. The molecule has 1 saturated heterocycles. The van der Waals surface area contributed by atoms with Gasteiger partial charge in [-0.1, -0.05) is 23.2 Å². The van der Waals surface area contributed by atoms with Crippen molar-refractivity contribution in [2.24, 2.45) is 5.92 Å². The fourth-order valence-corrected chi connectivity index (χ4v) is 3.11. The van der Waals surface area contributed by atoms with Crippen LogP contribution in [-0.2, 0) is 11.3 Å². The van der Waals surface area contributed by atoms with E-state index in [1.54, 1.807) is 11.0 Å². The maximum atomic E-state index is 12.1. The zero-order valence-electron chi connectivity index (χ0n) is 11.7. The zero-order valence-corrected chi connectivity index (χ0v) is 13.2. The molecule has 0 spiro atoms. The van der Waals surface area contributed by atoms with E-state index < -0.39 is 0 Å². The van der Waals surface area contributed by atoms with Crippen molar-refractivity contribution in [2.45, 2.75) is 25.8 Å². The molecule has 1 heterocycles. The van der Waals surface area contributed by atoms with Crippen molar-refractivity contribution in [3.8, 4) is 0 Å². The summed E-state index contributed by atoms with van der Waals surface area (Å²) in [4.78, 5) is 13.9. The summed E-state index contributed by atoms with van der Waals surface area (Å²) >= 11 is 11.9. The van der Waals surface area contributed by atoms with Crippen LogP contribution in [0, 0.1) is 5.92 Å². The van der Waals surface area contributed by atoms with Gasteiger partial charge in [-0.25, -0.2) is 0 Å². The number of amides is 1. The summed E-state index contributed by atoms with van der Waals surface area (Å²) in [7, 11) is 1.82. The van der Waals surface area contributed by atoms with Crippen molar-refractivity contribution < 1.29 is 4.79 Å². The monoisotopic (exact) mass is 314 g/mol. The van der Waals surface area contributed by atoms with Crippen molar-refractivity contribution in [3.63, 3.8) is 0 Å². The van der Waals surface area contributed by atoms with E-state index in [9.17, 15) is 4.79 Å². The molecule has 1 aromatic rings. The molecule has 0 bridgehead atoms. The van der Waals surface area contributed by atoms with Crippen molar-refractivity contribution in [2.75, 3.05) is 20.1 Å². The second-order valence-corrected chi connectivity index (χ2v) is 6.30. The predicted molar refractivity (Wildman–Crippen MR) is 83.1 cm³/mol.